The number of rotatable bonds is 5. The van der Waals surface area contributed by atoms with Crippen LogP contribution in [0.1, 0.15) is 23.8 Å². The fraction of sp³-hybridized carbons (Fsp3) is 0.375. The van der Waals surface area contributed by atoms with Crippen LogP contribution in [0, 0.1) is 0 Å². The van der Waals surface area contributed by atoms with E-state index in [0.29, 0.717) is 18.9 Å². The van der Waals surface area contributed by atoms with Crippen molar-refractivity contribution in [3.05, 3.63) is 42.1 Å². The molecule has 0 aliphatic carbocycles. The zero-order chi connectivity index (χ0) is 17.2. The summed E-state index contributed by atoms with van der Waals surface area (Å²) >= 11 is 0. The molecule has 2 aromatic rings. The second-order valence-electron chi connectivity index (χ2n) is 5.62. The van der Waals surface area contributed by atoms with Crippen LogP contribution in [0.5, 0.6) is 5.88 Å². The number of benzene rings is 1. The van der Waals surface area contributed by atoms with Crippen molar-refractivity contribution >= 4 is 15.7 Å². The molecule has 1 atom stereocenters. The van der Waals surface area contributed by atoms with Crippen LogP contribution in [0.25, 0.3) is 5.69 Å². The summed E-state index contributed by atoms with van der Waals surface area (Å²) in [4.78, 5) is 12.4. The molecular formula is C16H19N3O4S. The summed E-state index contributed by atoms with van der Waals surface area (Å²) in [6.07, 6.45) is 0.436. The highest BCUT2D eigenvalue weighted by atomic mass is 32.2. The number of amides is 1. The quantitative estimate of drug-likeness (QED) is 0.876. The number of hydrogen-bond acceptors (Lipinski definition) is 5. The molecule has 24 heavy (non-hydrogen) atoms. The maximum absolute atomic E-state index is 12.4. The normalized spacial score (nSPS) is 19.1. The second kappa shape index (κ2) is 6.64. The maximum Gasteiger partial charge on any atom is 0.272 e. The van der Waals surface area contributed by atoms with Gasteiger partial charge in [-0.3, -0.25) is 4.79 Å². The first kappa shape index (κ1) is 16.5. The number of carbonyl (C=O) groups excluding carboxylic acids is 1. The Morgan fingerprint density at radius 3 is 2.75 bits per heavy atom. The van der Waals surface area contributed by atoms with Crippen molar-refractivity contribution in [1.29, 1.82) is 0 Å². The lowest BCUT2D eigenvalue weighted by molar-refractivity contribution is 0.0935. The van der Waals surface area contributed by atoms with E-state index in [9.17, 15) is 13.2 Å². The summed E-state index contributed by atoms with van der Waals surface area (Å²) in [5.74, 6) is 0.164. The van der Waals surface area contributed by atoms with E-state index >= 15 is 0 Å². The van der Waals surface area contributed by atoms with E-state index in [1.165, 1.54) is 0 Å². The van der Waals surface area contributed by atoms with E-state index in [1.54, 1.807) is 10.7 Å². The second-order valence-corrected chi connectivity index (χ2v) is 7.85. The minimum absolute atomic E-state index is 0.0174. The third kappa shape index (κ3) is 3.59. The van der Waals surface area contributed by atoms with E-state index in [0.717, 1.165) is 5.69 Å². The Morgan fingerprint density at radius 1 is 1.38 bits per heavy atom. The van der Waals surface area contributed by atoms with Gasteiger partial charge in [0.15, 0.2) is 15.5 Å². The van der Waals surface area contributed by atoms with Crippen LogP contribution in [0.15, 0.2) is 36.4 Å². The van der Waals surface area contributed by atoms with E-state index in [2.05, 4.69) is 10.4 Å². The number of nitrogens with zero attached hydrogens (tertiary/aromatic N) is 2. The largest absolute Gasteiger partial charge is 0.478 e. The van der Waals surface area contributed by atoms with Crippen LogP contribution in [0.4, 0.5) is 0 Å². The molecule has 0 unspecified atom stereocenters. The fourth-order valence-corrected chi connectivity index (χ4v) is 4.32. The summed E-state index contributed by atoms with van der Waals surface area (Å²) < 4.78 is 30.1. The summed E-state index contributed by atoms with van der Waals surface area (Å²) in [5.41, 5.74) is 0.982. The molecule has 0 bridgehead atoms. The van der Waals surface area contributed by atoms with Gasteiger partial charge in [-0.05, 0) is 25.5 Å². The molecule has 1 aliphatic rings. The van der Waals surface area contributed by atoms with Gasteiger partial charge in [-0.25, -0.2) is 13.1 Å². The van der Waals surface area contributed by atoms with Gasteiger partial charge in [-0.2, -0.15) is 5.10 Å². The van der Waals surface area contributed by atoms with Crippen molar-refractivity contribution in [3.8, 4) is 11.6 Å². The lowest BCUT2D eigenvalue weighted by Crippen LogP contribution is -2.35. The number of sulfone groups is 1. The van der Waals surface area contributed by atoms with Gasteiger partial charge in [0.05, 0.1) is 23.8 Å². The van der Waals surface area contributed by atoms with Crippen molar-refractivity contribution in [3.63, 3.8) is 0 Å². The molecule has 1 aliphatic heterocycles. The Hall–Kier alpha value is -2.35. The highest BCUT2D eigenvalue weighted by molar-refractivity contribution is 7.91. The fourth-order valence-electron chi connectivity index (χ4n) is 2.65. The van der Waals surface area contributed by atoms with Crippen LogP contribution < -0.4 is 10.1 Å². The highest BCUT2D eigenvalue weighted by Crippen LogP contribution is 2.20. The van der Waals surface area contributed by atoms with Crippen LogP contribution >= 0.6 is 0 Å². The molecule has 1 fully saturated rings. The molecule has 1 aromatic heterocycles. The molecule has 1 saturated heterocycles. The van der Waals surface area contributed by atoms with E-state index in [-0.39, 0.29) is 23.2 Å². The van der Waals surface area contributed by atoms with E-state index < -0.39 is 15.7 Å². The molecule has 0 radical (unpaired) electrons. The summed E-state index contributed by atoms with van der Waals surface area (Å²) in [7, 11) is -3.04. The van der Waals surface area contributed by atoms with Crippen LogP contribution in [-0.2, 0) is 9.84 Å². The number of hydrogen-bond donors (Lipinski definition) is 1. The summed E-state index contributed by atoms with van der Waals surface area (Å²) in [6, 6.07) is 10.6. The Kier molecular flexibility index (Phi) is 4.57. The summed E-state index contributed by atoms with van der Waals surface area (Å²) in [6.45, 7) is 2.30. The average Bonchev–Trinajstić information content (AvgIpc) is 3.12. The molecule has 1 N–H and O–H groups in total. The Morgan fingerprint density at radius 2 is 2.12 bits per heavy atom. The number of nitrogens with one attached hydrogen (secondary N) is 1. The van der Waals surface area contributed by atoms with Gasteiger partial charge in [-0.1, -0.05) is 18.2 Å². The van der Waals surface area contributed by atoms with E-state index in [1.807, 2.05) is 37.3 Å². The molecule has 128 valence electrons. The van der Waals surface area contributed by atoms with E-state index in [4.69, 9.17) is 4.74 Å². The van der Waals surface area contributed by atoms with Gasteiger partial charge < -0.3 is 10.1 Å². The topological polar surface area (TPSA) is 90.3 Å². The molecule has 2 heterocycles. The van der Waals surface area contributed by atoms with Gasteiger partial charge in [0.2, 0.25) is 5.88 Å². The number of para-hydroxylation sites is 1. The Bertz CT molecular complexity index is 830. The Labute approximate surface area is 140 Å². The van der Waals surface area contributed by atoms with Gasteiger partial charge in [0, 0.05) is 12.1 Å². The third-order valence-corrected chi connectivity index (χ3v) is 5.54. The standard InChI is InChI=1S/C16H19N3O4S/c1-2-23-15-10-14(18-19(15)13-6-4-3-5-7-13)16(20)17-12-8-9-24(21,22)11-12/h3-7,10,12H,2,8-9,11H2,1H3,(H,17,20)/t12-/m0/s1. The molecule has 1 amide bonds. The molecule has 3 rings (SSSR count). The monoisotopic (exact) mass is 349 g/mol. The van der Waals surface area contributed by atoms with Crippen LogP contribution in [0.2, 0.25) is 0 Å². The number of carbonyl (C=O) groups is 1. The van der Waals surface area contributed by atoms with Crippen molar-refractivity contribution in [2.24, 2.45) is 0 Å². The van der Waals surface area contributed by atoms with Crippen LogP contribution in [-0.4, -0.2) is 48.3 Å². The molecule has 1 aromatic carbocycles. The lowest BCUT2D eigenvalue weighted by atomic mass is 10.2. The minimum atomic E-state index is -3.04. The smallest absolute Gasteiger partial charge is 0.272 e. The number of ether oxygens (including phenoxy) is 1. The highest BCUT2D eigenvalue weighted by Gasteiger charge is 2.30. The first-order chi connectivity index (χ1) is 11.5. The number of aromatic nitrogens is 2. The predicted octanol–water partition coefficient (Wildman–Crippen LogP) is 1.19. The minimum Gasteiger partial charge on any atom is -0.478 e. The van der Waals surface area contributed by atoms with Crippen molar-refractivity contribution < 1.29 is 17.9 Å². The van der Waals surface area contributed by atoms with Gasteiger partial charge in [0.1, 0.15) is 0 Å². The zero-order valence-corrected chi connectivity index (χ0v) is 14.1. The van der Waals surface area contributed by atoms with Crippen molar-refractivity contribution in [2.75, 3.05) is 18.1 Å². The third-order valence-electron chi connectivity index (χ3n) is 3.77. The zero-order valence-electron chi connectivity index (χ0n) is 13.3. The first-order valence-corrected chi connectivity index (χ1v) is 9.60. The molecular weight excluding hydrogens is 330 g/mol. The molecule has 8 heteroatoms. The maximum atomic E-state index is 12.4. The predicted molar refractivity (Wildman–Crippen MR) is 89.3 cm³/mol. The van der Waals surface area contributed by atoms with Crippen molar-refractivity contribution in [1.82, 2.24) is 15.1 Å². The van der Waals surface area contributed by atoms with Gasteiger partial charge in [-0.15, -0.1) is 0 Å². The molecule has 7 nitrogen and oxygen atoms in total. The average molecular weight is 349 g/mol. The van der Waals surface area contributed by atoms with Crippen LogP contribution in [0.3, 0.4) is 0 Å². The SMILES string of the molecule is CCOc1cc(C(=O)N[C@H]2CCS(=O)(=O)C2)nn1-c1ccccc1. The van der Waals surface area contributed by atoms with Gasteiger partial charge in [0.25, 0.3) is 5.91 Å². The van der Waals surface area contributed by atoms with Gasteiger partial charge >= 0.3 is 0 Å². The lowest BCUT2D eigenvalue weighted by Gasteiger charge is -2.08. The Balaban J connectivity index is 1.82. The molecule has 0 spiro atoms. The first-order valence-electron chi connectivity index (χ1n) is 7.78. The van der Waals surface area contributed by atoms with Crippen molar-refractivity contribution in [2.45, 2.75) is 19.4 Å². The summed E-state index contributed by atoms with van der Waals surface area (Å²) in [5, 5.41) is 7.04. The molecule has 0 saturated carbocycles.